The molecular formula is C16H19N5O4. The first-order valence-electron chi connectivity index (χ1n) is 7.49. The Balaban J connectivity index is 2.40. The molecule has 1 amide bonds. The third-order valence-corrected chi connectivity index (χ3v) is 3.50. The van der Waals surface area contributed by atoms with Crippen LogP contribution in [0, 0.1) is 10.1 Å². The van der Waals surface area contributed by atoms with E-state index in [2.05, 4.69) is 25.3 Å². The van der Waals surface area contributed by atoms with Crippen LogP contribution in [-0.2, 0) is 4.74 Å². The number of H-pyrrole nitrogens is 1. The molecule has 0 saturated heterocycles. The minimum Gasteiger partial charge on any atom is -0.453 e. The third-order valence-electron chi connectivity index (χ3n) is 3.50. The van der Waals surface area contributed by atoms with Crippen LogP contribution in [0.3, 0.4) is 0 Å². The quantitative estimate of drug-likeness (QED) is 0.420. The molecule has 1 aromatic carbocycles. The second-order valence-electron chi connectivity index (χ2n) is 5.08. The normalized spacial score (nSPS) is 12.1. The van der Waals surface area contributed by atoms with Gasteiger partial charge in [0.05, 0.1) is 41.2 Å². The van der Waals surface area contributed by atoms with E-state index >= 15 is 0 Å². The molecule has 2 rings (SSSR count). The fraction of sp³-hybridized carbons (Fsp3) is 0.250. The summed E-state index contributed by atoms with van der Waals surface area (Å²) in [7, 11) is 3.01. The average molecular weight is 345 g/mol. The fourth-order valence-electron chi connectivity index (χ4n) is 2.31. The van der Waals surface area contributed by atoms with E-state index in [4.69, 9.17) is 0 Å². The van der Waals surface area contributed by atoms with Crippen molar-refractivity contribution >= 4 is 17.5 Å². The first-order valence-corrected chi connectivity index (χ1v) is 7.49. The van der Waals surface area contributed by atoms with Gasteiger partial charge >= 0.3 is 6.09 Å². The SMILES string of the molecule is C/C=C/[C@H](NC)c1ncc(-c2ccc(NC(=O)OC)cc2[N+](=O)[O-])[nH]1. The van der Waals surface area contributed by atoms with Crippen molar-refractivity contribution in [2.24, 2.45) is 0 Å². The molecule has 1 atom stereocenters. The van der Waals surface area contributed by atoms with Gasteiger partial charge in [0, 0.05) is 6.07 Å². The maximum absolute atomic E-state index is 11.4. The number of aromatic amines is 1. The zero-order chi connectivity index (χ0) is 18.4. The zero-order valence-corrected chi connectivity index (χ0v) is 14.1. The summed E-state index contributed by atoms with van der Waals surface area (Å²) in [6.07, 6.45) is 4.65. The average Bonchev–Trinajstić information content (AvgIpc) is 3.09. The molecule has 0 saturated carbocycles. The minimum atomic E-state index is -0.700. The summed E-state index contributed by atoms with van der Waals surface area (Å²) in [5.74, 6) is 0.640. The fourth-order valence-corrected chi connectivity index (χ4v) is 2.31. The lowest BCUT2D eigenvalue weighted by atomic mass is 10.1. The number of methoxy groups -OCH3 is 1. The van der Waals surface area contributed by atoms with Gasteiger partial charge in [0.25, 0.3) is 5.69 Å². The van der Waals surface area contributed by atoms with Crippen LogP contribution < -0.4 is 10.6 Å². The molecule has 0 aliphatic rings. The van der Waals surface area contributed by atoms with E-state index in [1.807, 2.05) is 19.1 Å². The Bertz CT molecular complexity index is 800. The lowest BCUT2D eigenvalue weighted by Gasteiger charge is -2.08. The van der Waals surface area contributed by atoms with Crippen molar-refractivity contribution in [1.29, 1.82) is 0 Å². The number of ether oxygens (including phenoxy) is 1. The molecule has 2 aromatic rings. The van der Waals surface area contributed by atoms with Crippen molar-refractivity contribution in [2.75, 3.05) is 19.5 Å². The minimum absolute atomic E-state index is 0.127. The second-order valence-corrected chi connectivity index (χ2v) is 5.08. The van der Waals surface area contributed by atoms with Gasteiger partial charge in [0.15, 0.2) is 0 Å². The predicted molar refractivity (Wildman–Crippen MR) is 93.3 cm³/mol. The van der Waals surface area contributed by atoms with Gasteiger partial charge in [-0.1, -0.05) is 12.2 Å². The molecule has 0 aliphatic heterocycles. The number of benzene rings is 1. The first-order chi connectivity index (χ1) is 12.0. The summed E-state index contributed by atoms with van der Waals surface area (Å²) in [4.78, 5) is 29.5. The standard InChI is InChI=1S/C16H19N5O4/c1-4-5-12(17-2)15-18-9-13(20-15)11-7-6-10(19-16(22)25-3)8-14(11)21(23)24/h4-9,12,17H,1-3H3,(H,18,20)(H,19,22)/b5-4+/t12-/m0/s1. The predicted octanol–water partition coefficient (Wildman–Crippen LogP) is 3.00. The van der Waals surface area contributed by atoms with E-state index in [1.165, 1.54) is 13.2 Å². The van der Waals surface area contributed by atoms with Gasteiger partial charge in [-0.05, 0) is 26.1 Å². The van der Waals surface area contributed by atoms with Crippen LogP contribution in [0.15, 0.2) is 36.5 Å². The second kappa shape index (κ2) is 8.06. The van der Waals surface area contributed by atoms with Gasteiger partial charge in [-0.3, -0.25) is 15.4 Å². The van der Waals surface area contributed by atoms with Crippen LogP contribution in [-0.4, -0.2) is 35.1 Å². The highest BCUT2D eigenvalue weighted by molar-refractivity contribution is 5.86. The highest BCUT2D eigenvalue weighted by Gasteiger charge is 2.20. The number of nitrogens with one attached hydrogen (secondary N) is 3. The van der Waals surface area contributed by atoms with Gasteiger partial charge in [-0.15, -0.1) is 0 Å². The molecule has 1 heterocycles. The lowest BCUT2D eigenvalue weighted by molar-refractivity contribution is -0.384. The van der Waals surface area contributed by atoms with Crippen molar-refractivity contribution in [2.45, 2.75) is 13.0 Å². The molecule has 0 bridgehead atoms. The third kappa shape index (κ3) is 4.21. The number of nitrogens with zero attached hydrogens (tertiary/aromatic N) is 2. The summed E-state index contributed by atoms with van der Waals surface area (Å²) < 4.78 is 4.48. The van der Waals surface area contributed by atoms with E-state index in [1.54, 1.807) is 25.4 Å². The largest absolute Gasteiger partial charge is 0.453 e. The molecule has 3 N–H and O–H groups in total. The molecule has 9 heteroatoms. The Labute approximate surface area is 144 Å². The number of carbonyl (C=O) groups is 1. The highest BCUT2D eigenvalue weighted by atomic mass is 16.6. The molecular weight excluding hydrogens is 326 g/mol. The van der Waals surface area contributed by atoms with E-state index in [9.17, 15) is 14.9 Å². The Morgan fingerprint density at radius 3 is 2.84 bits per heavy atom. The number of nitro benzene ring substituents is 1. The van der Waals surface area contributed by atoms with Crippen LogP contribution in [0.1, 0.15) is 18.8 Å². The summed E-state index contributed by atoms with van der Waals surface area (Å²) in [5.41, 5.74) is 0.991. The Morgan fingerprint density at radius 1 is 1.48 bits per heavy atom. The zero-order valence-electron chi connectivity index (χ0n) is 14.1. The molecule has 0 aliphatic carbocycles. The Kier molecular flexibility index (Phi) is 5.85. The van der Waals surface area contributed by atoms with Gasteiger partial charge < -0.3 is 15.0 Å². The highest BCUT2D eigenvalue weighted by Crippen LogP contribution is 2.32. The van der Waals surface area contributed by atoms with E-state index in [0.717, 1.165) is 0 Å². The molecule has 0 radical (unpaired) electrons. The van der Waals surface area contributed by atoms with E-state index in [-0.39, 0.29) is 17.4 Å². The topological polar surface area (TPSA) is 122 Å². The molecule has 25 heavy (non-hydrogen) atoms. The van der Waals surface area contributed by atoms with E-state index < -0.39 is 11.0 Å². The van der Waals surface area contributed by atoms with Crippen LogP contribution in [0.2, 0.25) is 0 Å². The lowest BCUT2D eigenvalue weighted by Crippen LogP contribution is -2.15. The van der Waals surface area contributed by atoms with Gasteiger partial charge in [0.1, 0.15) is 5.82 Å². The number of aromatic nitrogens is 2. The number of hydrogen-bond donors (Lipinski definition) is 3. The summed E-state index contributed by atoms with van der Waals surface area (Å²) >= 11 is 0. The maximum atomic E-state index is 11.4. The Morgan fingerprint density at radius 2 is 2.24 bits per heavy atom. The molecule has 1 aromatic heterocycles. The summed E-state index contributed by atoms with van der Waals surface area (Å²) in [6, 6.07) is 4.25. The number of allylic oxidation sites excluding steroid dienone is 1. The van der Waals surface area contributed by atoms with Crippen LogP contribution in [0.5, 0.6) is 0 Å². The summed E-state index contributed by atoms with van der Waals surface area (Å²) in [6.45, 7) is 1.89. The smallest absolute Gasteiger partial charge is 0.411 e. The van der Waals surface area contributed by atoms with Crippen LogP contribution in [0.25, 0.3) is 11.3 Å². The molecule has 132 valence electrons. The number of amides is 1. The number of carbonyl (C=O) groups excluding carboxylic acids is 1. The van der Waals surface area contributed by atoms with E-state index in [0.29, 0.717) is 17.1 Å². The van der Waals surface area contributed by atoms with Gasteiger partial charge in [0.2, 0.25) is 0 Å². The molecule has 0 spiro atoms. The van der Waals surface area contributed by atoms with Crippen molar-refractivity contribution < 1.29 is 14.5 Å². The number of anilines is 1. The Hall–Kier alpha value is -3.20. The van der Waals surface area contributed by atoms with Crippen LogP contribution in [0.4, 0.5) is 16.2 Å². The van der Waals surface area contributed by atoms with Gasteiger partial charge in [-0.25, -0.2) is 9.78 Å². The van der Waals surface area contributed by atoms with Crippen molar-refractivity contribution in [3.63, 3.8) is 0 Å². The monoisotopic (exact) mass is 345 g/mol. The number of rotatable bonds is 6. The number of likely N-dealkylation sites (N-methyl/N-ethyl adjacent to an activating group) is 1. The van der Waals surface area contributed by atoms with Crippen molar-refractivity contribution in [3.8, 4) is 11.3 Å². The summed E-state index contributed by atoms with van der Waals surface area (Å²) in [5, 5.41) is 16.9. The maximum Gasteiger partial charge on any atom is 0.411 e. The van der Waals surface area contributed by atoms with Crippen LogP contribution >= 0.6 is 0 Å². The molecule has 0 fully saturated rings. The van der Waals surface area contributed by atoms with Crippen molar-refractivity contribution in [1.82, 2.24) is 15.3 Å². The number of nitro groups is 1. The number of imidazole rings is 1. The van der Waals surface area contributed by atoms with Crippen molar-refractivity contribution in [3.05, 3.63) is 52.5 Å². The first kappa shape index (κ1) is 18.1. The number of hydrogen-bond acceptors (Lipinski definition) is 6. The molecule has 0 unspecified atom stereocenters. The molecule has 9 nitrogen and oxygen atoms in total. The van der Waals surface area contributed by atoms with Gasteiger partial charge in [-0.2, -0.15) is 0 Å².